The van der Waals surface area contributed by atoms with Crippen LogP contribution in [0.1, 0.15) is 34.6 Å². The second-order valence-electron chi connectivity index (χ2n) is 5.68. The Labute approximate surface area is 117 Å². The predicted octanol–water partition coefficient (Wildman–Crippen LogP) is 4.01. The number of nitrogens with two attached hydrogens (primary N) is 1. The maximum absolute atomic E-state index is 6.12. The van der Waals surface area contributed by atoms with Crippen molar-refractivity contribution in [3.05, 3.63) is 18.2 Å². The molecule has 0 saturated heterocycles. The van der Waals surface area contributed by atoms with Crippen LogP contribution in [-0.2, 0) is 0 Å². The van der Waals surface area contributed by atoms with Gasteiger partial charge in [0.05, 0.1) is 18.0 Å². The standard InChI is InChI=1S/C16H28N2O/c1-6-19-15-9-7-8-14(16(15)17)18-10-13(11(2)3)12(4)5/h7-9,11-13,18H,6,10,17H2,1-5H3. The van der Waals surface area contributed by atoms with Crippen molar-refractivity contribution in [1.29, 1.82) is 0 Å². The van der Waals surface area contributed by atoms with Gasteiger partial charge in [-0.15, -0.1) is 0 Å². The summed E-state index contributed by atoms with van der Waals surface area (Å²) in [6, 6.07) is 5.89. The highest BCUT2D eigenvalue weighted by Crippen LogP contribution is 2.30. The van der Waals surface area contributed by atoms with Crippen molar-refractivity contribution in [3.8, 4) is 5.75 Å². The molecule has 0 spiro atoms. The summed E-state index contributed by atoms with van der Waals surface area (Å²) in [5.41, 5.74) is 7.79. The zero-order valence-corrected chi connectivity index (χ0v) is 12.9. The molecule has 0 saturated carbocycles. The normalized spacial score (nSPS) is 11.4. The van der Waals surface area contributed by atoms with Gasteiger partial charge >= 0.3 is 0 Å². The van der Waals surface area contributed by atoms with Gasteiger partial charge in [0.2, 0.25) is 0 Å². The minimum absolute atomic E-state index is 0.633. The van der Waals surface area contributed by atoms with Gasteiger partial charge in [-0.25, -0.2) is 0 Å². The largest absolute Gasteiger partial charge is 0.492 e. The summed E-state index contributed by atoms with van der Waals surface area (Å²) in [7, 11) is 0. The molecular weight excluding hydrogens is 236 g/mol. The van der Waals surface area contributed by atoms with Crippen LogP contribution in [-0.4, -0.2) is 13.2 Å². The average Bonchev–Trinajstić information content (AvgIpc) is 2.33. The lowest BCUT2D eigenvalue weighted by molar-refractivity contribution is 0.304. The van der Waals surface area contributed by atoms with Crippen LogP contribution in [0.3, 0.4) is 0 Å². The van der Waals surface area contributed by atoms with Gasteiger partial charge in [0.25, 0.3) is 0 Å². The zero-order chi connectivity index (χ0) is 14.4. The van der Waals surface area contributed by atoms with Gasteiger partial charge in [-0.05, 0) is 36.8 Å². The van der Waals surface area contributed by atoms with Gasteiger partial charge in [0.15, 0.2) is 0 Å². The van der Waals surface area contributed by atoms with E-state index in [9.17, 15) is 0 Å². The van der Waals surface area contributed by atoms with Gasteiger partial charge in [0, 0.05) is 6.54 Å². The Bertz CT molecular complexity index is 380. The lowest BCUT2D eigenvalue weighted by atomic mass is 9.85. The average molecular weight is 264 g/mol. The summed E-state index contributed by atoms with van der Waals surface area (Å²) in [6.07, 6.45) is 0. The summed E-state index contributed by atoms with van der Waals surface area (Å²) < 4.78 is 5.51. The summed E-state index contributed by atoms with van der Waals surface area (Å²) >= 11 is 0. The van der Waals surface area contributed by atoms with Crippen molar-refractivity contribution < 1.29 is 4.74 Å². The summed E-state index contributed by atoms with van der Waals surface area (Å²) in [5.74, 6) is 2.71. The van der Waals surface area contributed by atoms with Crippen molar-refractivity contribution >= 4 is 11.4 Å². The van der Waals surface area contributed by atoms with Crippen LogP contribution in [0.15, 0.2) is 18.2 Å². The Hall–Kier alpha value is -1.38. The number of anilines is 2. The number of nitrogens with one attached hydrogen (secondary N) is 1. The smallest absolute Gasteiger partial charge is 0.144 e. The second-order valence-corrected chi connectivity index (χ2v) is 5.68. The van der Waals surface area contributed by atoms with Gasteiger partial charge in [0.1, 0.15) is 5.75 Å². The fraction of sp³-hybridized carbons (Fsp3) is 0.625. The molecule has 3 heteroatoms. The van der Waals surface area contributed by atoms with E-state index in [-0.39, 0.29) is 0 Å². The Morgan fingerprint density at radius 3 is 2.32 bits per heavy atom. The number of benzene rings is 1. The molecule has 1 aromatic carbocycles. The van der Waals surface area contributed by atoms with Crippen molar-refractivity contribution in [3.63, 3.8) is 0 Å². The first-order valence-electron chi connectivity index (χ1n) is 7.22. The highest BCUT2D eigenvalue weighted by molar-refractivity contribution is 5.72. The molecule has 0 aliphatic carbocycles. The Kier molecular flexibility index (Phi) is 6.00. The van der Waals surface area contributed by atoms with Gasteiger partial charge in [-0.1, -0.05) is 33.8 Å². The molecule has 0 atom stereocenters. The fourth-order valence-electron chi connectivity index (χ4n) is 2.45. The molecule has 108 valence electrons. The molecule has 0 aliphatic rings. The van der Waals surface area contributed by atoms with Gasteiger partial charge in [-0.3, -0.25) is 0 Å². The molecule has 3 N–H and O–H groups in total. The number of hydrogen-bond donors (Lipinski definition) is 2. The van der Waals surface area contributed by atoms with Crippen LogP contribution >= 0.6 is 0 Å². The van der Waals surface area contributed by atoms with Crippen molar-refractivity contribution in [1.82, 2.24) is 0 Å². The molecule has 0 bridgehead atoms. The van der Waals surface area contributed by atoms with Crippen molar-refractivity contribution in [2.24, 2.45) is 17.8 Å². The molecule has 0 fully saturated rings. The maximum atomic E-state index is 6.12. The molecule has 0 unspecified atom stereocenters. The lowest BCUT2D eigenvalue weighted by Gasteiger charge is -2.26. The van der Waals surface area contributed by atoms with Crippen LogP contribution in [0, 0.1) is 17.8 Å². The molecular formula is C16H28N2O. The Morgan fingerprint density at radius 2 is 1.79 bits per heavy atom. The van der Waals surface area contributed by atoms with Crippen molar-refractivity contribution in [2.75, 3.05) is 24.2 Å². The minimum atomic E-state index is 0.633. The summed E-state index contributed by atoms with van der Waals surface area (Å²) in [4.78, 5) is 0. The number of rotatable bonds is 7. The number of ether oxygens (including phenoxy) is 1. The summed E-state index contributed by atoms with van der Waals surface area (Å²) in [5, 5.41) is 3.47. The minimum Gasteiger partial charge on any atom is -0.492 e. The number of para-hydroxylation sites is 1. The quantitative estimate of drug-likeness (QED) is 0.732. The van der Waals surface area contributed by atoms with E-state index in [0.29, 0.717) is 30.0 Å². The molecule has 0 aromatic heterocycles. The zero-order valence-electron chi connectivity index (χ0n) is 12.9. The van der Waals surface area contributed by atoms with Crippen LogP contribution in [0.4, 0.5) is 11.4 Å². The van der Waals surface area contributed by atoms with E-state index in [1.165, 1.54) is 0 Å². The first kappa shape index (κ1) is 15.7. The highest BCUT2D eigenvalue weighted by atomic mass is 16.5. The molecule has 19 heavy (non-hydrogen) atoms. The monoisotopic (exact) mass is 264 g/mol. The van der Waals surface area contributed by atoms with Crippen molar-refractivity contribution in [2.45, 2.75) is 34.6 Å². The van der Waals surface area contributed by atoms with Gasteiger partial charge in [-0.2, -0.15) is 0 Å². The first-order valence-corrected chi connectivity index (χ1v) is 7.22. The van der Waals surface area contributed by atoms with Crippen LogP contribution < -0.4 is 15.8 Å². The fourth-order valence-corrected chi connectivity index (χ4v) is 2.45. The van der Waals surface area contributed by atoms with Crippen LogP contribution in [0.5, 0.6) is 5.75 Å². The highest BCUT2D eigenvalue weighted by Gasteiger charge is 2.17. The molecule has 0 aliphatic heterocycles. The first-order chi connectivity index (χ1) is 8.97. The maximum Gasteiger partial charge on any atom is 0.144 e. The van der Waals surface area contributed by atoms with Crippen LogP contribution in [0.2, 0.25) is 0 Å². The second kappa shape index (κ2) is 7.27. The molecule has 1 aromatic rings. The SMILES string of the molecule is CCOc1cccc(NCC(C(C)C)C(C)C)c1N. The summed E-state index contributed by atoms with van der Waals surface area (Å²) in [6.45, 7) is 12.6. The predicted molar refractivity (Wildman–Crippen MR) is 83.7 cm³/mol. The topological polar surface area (TPSA) is 47.3 Å². The molecule has 0 amide bonds. The van der Waals surface area contributed by atoms with E-state index in [2.05, 4.69) is 33.0 Å². The Morgan fingerprint density at radius 1 is 1.16 bits per heavy atom. The van der Waals surface area contributed by atoms with E-state index in [1.54, 1.807) is 0 Å². The third-order valence-electron chi connectivity index (χ3n) is 3.61. The van der Waals surface area contributed by atoms with E-state index in [4.69, 9.17) is 10.5 Å². The number of hydrogen-bond acceptors (Lipinski definition) is 3. The molecule has 3 nitrogen and oxygen atoms in total. The number of nitrogen functional groups attached to an aromatic ring is 1. The van der Waals surface area contributed by atoms with E-state index < -0.39 is 0 Å². The van der Waals surface area contributed by atoms with E-state index >= 15 is 0 Å². The third kappa shape index (κ3) is 4.34. The Balaban J connectivity index is 2.74. The lowest BCUT2D eigenvalue weighted by Crippen LogP contribution is -2.24. The van der Waals surface area contributed by atoms with E-state index in [0.717, 1.165) is 18.0 Å². The molecule has 0 heterocycles. The third-order valence-corrected chi connectivity index (χ3v) is 3.61. The van der Waals surface area contributed by atoms with Crippen LogP contribution in [0.25, 0.3) is 0 Å². The van der Waals surface area contributed by atoms with Gasteiger partial charge < -0.3 is 15.8 Å². The molecule has 1 rings (SSSR count). The molecule has 0 radical (unpaired) electrons. The van der Waals surface area contributed by atoms with E-state index in [1.807, 2.05) is 25.1 Å².